The van der Waals surface area contributed by atoms with E-state index in [1.54, 1.807) is 12.5 Å². The summed E-state index contributed by atoms with van der Waals surface area (Å²) in [5, 5.41) is 7.54. The molecule has 1 amide bonds. The first kappa shape index (κ1) is 16.7. The van der Waals surface area contributed by atoms with Gasteiger partial charge in [-0.25, -0.2) is 4.98 Å². The van der Waals surface area contributed by atoms with Crippen molar-refractivity contribution in [3.63, 3.8) is 0 Å². The summed E-state index contributed by atoms with van der Waals surface area (Å²) in [7, 11) is 0. The summed E-state index contributed by atoms with van der Waals surface area (Å²) >= 11 is 0. The third-order valence-corrected chi connectivity index (χ3v) is 4.39. The number of aromatic nitrogens is 4. The molecule has 2 heterocycles. The van der Waals surface area contributed by atoms with Gasteiger partial charge in [0.15, 0.2) is 0 Å². The zero-order valence-corrected chi connectivity index (χ0v) is 14.8. The number of carbonyl (C=O) groups is 1. The first-order valence-corrected chi connectivity index (χ1v) is 8.78. The van der Waals surface area contributed by atoms with Gasteiger partial charge in [-0.05, 0) is 33.6 Å². The lowest BCUT2D eigenvalue weighted by Crippen LogP contribution is -2.42. The number of nitrogens with zero attached hydrogens (tertiary/aromatic N) is 4. The van der Waals surface area contributed by atoms with Crippen LogP contribution < -0.4 is 5.32 Å². The second-order valence-electron chi connectivity index (χ2n) is 7.71. The van der Waals surface area contributed by atoms with E-state index in [1.165, 1.54) is 32.1 Å². The maximum absolute atomic E-state index is 12.2. The average Bonchev–Trinajstić information content (AvgIpc) is 3.14. The Morgan fingerprint density at radius 1 is 1.25 bits per heavy atom. The Kier molecular flexibility index (Phi) is 4.73. The number of hydrogen-bond donors (Lipinski definition) is 1. The summed E-state index contributed by atoms with van der Waals surface area (Å²) < 4.78 is 3.96. The maximum Gasteiger partial charge on any atom is 0.240 e. The van der Waals surface area contributed by atoms with Crippen LogP contribution >= 0.6 is 0 Å². The van der Waals surface area contributed by atoms with E-state index < -0.39 is 0 Å². The highest BCUT2D eigenvalue weighted by Crippen LogP contribution is 2.29. The standard InChI is InChI=1S/C18H27N5O/c1-18(2,3)21-17(24)12-22-13-19-10-16(22)14-9-20-23(11-14)15-7-5-4-6-8-15/h9-11,13,15H,4-8,12H2,1-3H3,(H,21,24). The molecule has 6 heteroatoms. The van der Waals surface area contributed by atoms with Crippen LogP contribution in [0.25, 0.3) is 11.3 Å². The van der Waals surface area contributed by atoms with Crippen LogP contribution in [-0.4, -0.2) is 30.8 Å². The fourth-order valence-electron chi connectivity index (χ4n) is 3.32. The lowest BCUT2D eigenvalue weighted by atomic mass is 9.96. The smallest absolute Gasteiger partial charge is 0.240 e. The van der Waals surface area contributed by atoms with E-state index in [0.29, 0.717) is 6.04 Å². The number of imidazole rings is 1. The van der Waals surface area contributed by atoms with Gasteiger partial charge in [0.05, 0.1) is 30.5 Å². The SMILES string of the molecule is CC(C)(C)NC(=O)Cn1cncc1-c1cnn(C2CCCCC2)c1. The van der Waals surface area contributed by atoms with E-state index in [0.717, 1.165) is 11.3 Å². The fourth-order valence-corrected chi connectivity index (χ4v) is 3.32. The van der Waals surface area contributed by atoms with Gasteiger partial charge in [-0.1, -0.05) is 19.3 Å². The molecule has 1 fully saturated rings. The molecule has 1 N–H and O–H groups in total. The van der Waals surface area contributed by atoms with Gasteiger partial charge in [-0.2, -0.15) is 5.10 Å². The van der Waals surface area contributed by atoms with Crippen LogP contribution in [0.4, 0.5) is 0 Å². The minimum Gasteiger partial charge on any atom is -0.350 e. The molecule has 1 aliphatic rings. The average molecular weight is 329 g/mol. The van der Waals surface area contributed by atoms with Gasteiger partial charge in [0.1, 0.15) is 6.54 Å². The van der Waals surface area contributed by atoms with Crippen molar-refractivity contribution < 1.29 is 4.79 Å². The van der Waals surface area contributed by atoms with Crippen molar-refractivity contribution >= 4 is 5.91 Å². The van der Waals surface area contributed by atoms with Gasteiger partial charge in [0.2, 0.25) is 5.91 Å². The largest absolute Gasteiger partial charge is 0.350 e. The normalized spacial score (nSPS) is 16.3. The third kappa shape index (κ3) is 4.04. The van der Waals surface area contributed by atoms with Crippen LogP contribution in [-0.2, 0) is 11.3 Å². The van der Waals surface area contributed by atoms with Gasteiger partial charge < -0.3 is 9.88 Å². The number of carbonyl (C=O) groups excluding carboxylic acids is 1. The predicted octanol–water partition coefficient (Wildman–Crippen LogP) is 3.17. The van der Waals surface area contributed by atoms with Crippen LogP contribution in [0.3, 0.4) is 0 Å². The van der Waals surface area contributed by atoms with Crippen molar-refractivity contribution in [1.82, 2.24) is 24.6 Å². The van der Waals surface area contributed by atoms with Gasteiger partial charge in [-0.15, -0.1) is 0 Å². The molecule has 0 aliphatic heterocycles. The van der Waals surface area contributed by atoms with E-state index in [9.17, 15) is 4.79 Å². The molecule has 1 saturated carbocycles. The Hall–Kier alpha value is -2.11. The summed E-state index contributed by atoms with van der Waals surface area (Å²) in [5.41, 5.74) is 1.71. The van der Waals surface area contributed by atoms with Crippen LogP contribution in [0.15, 0.2) is 24.9 Å². The minimum absolute atomic E-state index is 0.0126. The summed E-state index contributed by atoms with van der Waals surface area (Å²) in [4.78, 5) is 16.4. The maximum atomic E-state index is 12.2. The van der Waals surface area contributed by atoms with Gasteiger partial charge in [0, 0.05) is 17.3 Å². The number of rotatable bonds is 4. The molecule has 6 nitrogen and oxygen atoms in total. The highest BCUT2D eigenvalue weighted by molar-refractivity contribution is 5.77. The zero-order valence-electron chi connectivity index (χ0n) is 14.8. The van der Waals surface area contributed by atoms with E-state index in [1.807, 2.05) is 31.5 Å². The number of amides is 1. The molecule has 0 radical (unpaired) electrons. The molecule has 2 aromatic heterocycles. The Morgan fingerprint density at radius 3 is 2.71 bits per heavy atom. The molecule has 0 atom stereocenters. The molecule has 2 aromatic rings. The van der Waals surface area contributed by atoms with E-state index in [2.05, 4.69) is 26.3 Å². The lowest BCUT2D eigenvalue weighted by molar-refractivity contribution is -0.123. The summed E-state index contributed by atoms with van der Waals surface area (Å²) in [6.45, 7) is 6.21. The molecule has 24 heavy (non-hydrogen) atoms. The minimum atomic E-state index is -0.232. The quantitative estimate of drug-likeness (QED) is 0.937. The van der Waals surface area contributed by atoms with E-state index in [4.69, 9.17) is 0 Å². The highest BCUT2D eigenvalue weighted by atomic mass is 16.2. The third-order valence-electron chi connectivity index (χ3n) is 4.39. The summed E-state index contributed by atoms with van der Waals surface area (Å²) in [6.07, 6.45) is 13.8. The molecule has 0 spiro atoms. The fraction of sp³-hybridized carbons (Fsp3) is 0.611. The Bertz CT molecular complexity index is 688. The van der Waals surface area contributed by atoms with Gasteiger partial charge >= 0.3 is 0 Å². The monoisotopic (exact) mass is 329 g/mol. The summed E-state index contributed by atoms with van der Waals surface area (Å²) in [5.74, 6) is -0.0126. The van der Waals surface area contributed by atoms with Crippen molar-refractivity contribution in [2.24, 2.45) is 0 Å². The molecule has 0 unspecified atom stereocenters. The van der Waals surface area contributed by atoms with E-state index in [-0.39, 0.29) is 18.0 Å². The van der Waals surface area contributed by atoms with Crippen LogP contribution in [0.2, 0.25) is 0 Å². The van der Waals surface area contributed by atoms with Gasteiger partial charge in [-0.3, -0.25) is 9.48 Å². The van der Waals surface area contributed by atoms with E-state index >= 15 is 0 Å². The lowest BCUT2D eigenvalue weighted by Gasteiger charge is -2.21. The first-order chi connectivity index (χ1) is 11.4. The van der Waals surface area contributed by atoms with Crippen molar-refractivity contribution in [3.05, 3.63) is 24.9 Å². The predicted molar refractivity (Wildman–Crippen MR) is 93.5 cm³/mol. The molecule has 130 valence electrons. The molecule has 0 saturated heterocycles. The molecule has 0 aromatic carbocycles. The van der Waals surface area contributed by atoms with Crippen molar-refractivity contribution in [1.29, 1.82) is 0 Å². The molecule has 0 bridgehead atoms. The Balaban J connectivity index is 1.73. The number of nitrogens with one attached hydrogen (secondary N) is 1. The Labute approximate surface area is 143 Å². The van der Waals surface area contributed by atoms with Crippen molar-refractivity contribution in [2.45, 2.75) is 71.0 Å². The zero-order chi connectivity index (χ0) is 17.2. The van der Waals surface area contributed by atoms with Crippen LogP contribution in [0.1, 0.15) is 58.9 Å². The highest BCUT2D eigenvalue weighted by Gasteiger charge is 2.19. The number of hydrogen-bond acceptors (Lipinski definition) is 3. The molecule has 1 aliphatic carbocycles. The van der Waals surface area contributed by atoms with Crippen LogP contribution in [0.5, 0.6) is 0 Å². The molecular formula is C18H27N5O. The topological polar surface area (TPSA) is 64.7 Å². The second kappa shape index (κ2) is 6.79. The summed E-state index contributed by atoms with van der Waals surface area (Å²) in [6, 6.07) is 0.507. The van der Waals surface area contributed by atoms with Crippen LogP contribution in [0, 0.1) is 0 Å². The second-order valence-corrected chi connectivity index (χ2v) is 7.71. The van der Waals surface area contributed by atoms with Gasteiger partial charge in [0.25, 0.3) is 0 Å². The molecule has 3 rings (SSSR count). The van der Waals surface area contributed by atoms with Crippen molar-refractivity contribution in [3.8, 4) is 11.3 Å². The molecular weight excluding hydrogens is 302 g/mol. The Morgan fingerprint density at radius 2 is 2.00 bits per heavy atom. The first-order valence-electron chi connectivity index (χ1n) is 8.78. The van der Waals surface area contributed by atoms with Crippen molar-refractivity contribution in [2.75, 3.05) is 0 Å².